The molecular weight excluding hydrogens is 392 g/mol. The number of benzene rings is 1. The minimum Gasteiger partial charge on any atom is -0.444 e. The van der Waals surface area contributed by atoms with E-state index in [0.29, 0.717) is 18.9 Å². The second-order valence-corrected chi connectivity index (χ2v) is 9.92. The predicted molar refractivity (Wildman–Crippen MR) is 121 cm³/mol. The molecule has 0 radical (unpaired) electrons. The van der Waals surface area contributed by atoms with Gasteiger partial charge in [0.1, 0.15) is 5.60 Å². The van der Waals surface area contributed by atoms with Crippen molar-refractivity contribution in [3.05, 3.63) is 42.0 Å². The molecule has 1 aromatic carbocycles. The molecule has 170 valence electrons. The van der Waals surface area contributed by atoms with E-state index in [9.17, 15) is 14.7 Å². The first-order valence-corrected chi connectivity index (χ1v) is 11.3. The highest BCUT2D eigenvalue weighted by atomic mass is 16.6. The highest BCUT2D eigenvalue weighted by Gasteiger charge is 2.46. The number of alkyl carbamates (subject to hydrolysis) is 1. The summed E-state index contributed by atoms with van der Waals surface area (Å²) in [6.45, 7) is 6.13. The SMILES string of the molecule is CN(CCC1(O)CC2CCC1C=C2c1ccccc1)C(=O)CCNC(=O)OC(C)(C)C. The molecule has 0 heterocycles. The zero-order valence-electron chi connectivity index (χ0n) is 19.2. The van der Waals surface area contributed by atoms with E-state index in [4.69, 9.17) is 4.74 Å². The van der Waals surface area contributed by atoms with Crippen molar-refractivity contribution in [2.24, 2.45) is 11.8 Å². The fraction of sp³-hybridized carbons (Fsp3) is 0.600. The number of carbonyl (C=O) groups is 2. The first-order chi connectivity index (χ1) is 14.6. The van der Waals surface area contributed by atoms with Crippen molar-refractivity contribution < 1.29 is 19.4 Å². The quantitative estimate of drug-likeness (QED) is 0.688. The number of allylic oxidation sites excluding steroid dienone is 1. The minimum atomic E-state index is -0.759. The summed E-state index contributed by atoms with van der Waals surface area (Å²) in [5, 5.41) is 14.0. The van der Waals surface area contributed by atoms with E-state index in [2.05, 4.69) is 35.7 Å². The number of amides is 2. The molecule has 2 bridgehead atoms. The molecule has 3 atom stereocenters. The van der Waals surface area contributed by atoms with Gasteiger partial charge in [-0.25, -0.2) is 4.79 Å². The van der Waals surface area contributed by atoms with Crippen molar-refractivity contribution in [3.8, 4) is 0 Å². The Kier molecular flexibility index (Phi) is 7.10. The highest BCUT2D eigenvalue weighted by molar-refractivity contribution is 5.77. The van der Waals surface area contributed by atoms with Crippen LogP contribution in [0.1, 0.15) is 58.4 Å². The Morgan fingerprint density at radius 2 is 1.94 bits per heavy atom. The van der Waals surface area contributed by atoms with Crippen LogP contribution in [-0.4, -0.2) is 53.3 Å². The summed E-state index contributed by atoms with van der Waals surface area (Å²) in [4.78, 5) is 25.8. The maximum Gasteiger partial charge on any atom is 0.407 e. The van der Waals surface area contributed by atoms with Gasteiger partial charge < -0.3 is 20.1 Å². The molecule has 0 saturated heterocycles. The summed E-state index contributed by atoms with van der Waals surface area (Å²) in [7, 11) is 1.76. The molecule has 6 nitrogen and oxygen atoms in total. The molecule has 1 aromatic rings. The van der Waals surface area contributed by atoms with Crippen LogP contribution in [0, 0.1) is 11.8 Å². The van der Waals surface area contributed by atoms with Crippen molar-refractivity contribution in [3.63, 3.8) is 0 Å². The molecule has 3 aliphatic carbocycles. The van der Waals surface area contributed by atoms with E-state index in [-0.39, 0.29) is 24.8 Å². The Morgan fingerprint density at radius 1 is 1.23 bits per heavy atom. The normalized spacial score (nSPS) is 25.0. The topological polar surface area (TPSA) is 78.9 Å². The average Bonchev–Trinajstić information content (AvgIpc) is 2.71. The first kappa shape index (κ1) is 23.3. The minimum absolute atomic E-state index is 0.0545. The summed E-state index contributed by atoms with van der Waals surface area (Å²) in [6.07, 6.45) is 5.37. The van der Waals surface area contributed by atoms with Gasteiger partial charge in [-0.3, -0.25) is 4.79 Å². The number of hydrogen-bond acceptors (Lipinski definition) is 4. The predicted octanol–water partition coefficient (Wildman–Crippen LogP) is 3.99. The summed E-state index contributed by atoms with van der Waals surface area (Å²) in [5.74, 6) is 0.447. The summed E-state index contributed by atoms with van der Waals surface area (Å²) in [6, 6.07) is 10.4. The van der Waals surface area contributed by atoms with Crippen LogP contribution < -0.4 is 5.32 Å². The molecule has 6 heteroatoms. The maximum atomic E-state index is 12.4. The Hall–Kier alpha value is -2.34. The van der Waals surface area contributed by atoms with Gasteiger partial charge in [-0.15, -0.1) is 0 Å². The van der Waals surface area contributed by atoms with Gasteiger partial charge in [0.05, 0.1) is 5.60 Å². The number of aliphatic hydroxyl groups is 1. The van der Waals surface area contributed by atoms with Crippen LogP contribution >= 0.6 is 0 Å². The maximum absolute atomic E-state index is 12.4. The fourth-order valence-electron chi connectivity index (χ4n) is 4.70. The number of hydrogen-bond donors (Lipinski definition) is 2. The number of ether oxygens (including phenoxy) is 1. The lowest BCUT2D eigenvalue weighted by molar-refractivity contribution is -0.131. The zero-order valence-corrected chi connectivity index (χ0v) is 19.2. The van der Waals surface area contributed by atoms with Gasteiger partial charge in [0.15, 0.2) is 0 Å². The second kappa shape index (κ2) is 9.43. The standard InChI is InChI=1S/C25H36N2O4/c1-24(2,3)31-23(29)26-14-12-22(28)27(4)15-13-25(30)17-19-10-11-20(25)16-21(19)18-8-6-5-7-9-18/h5-9,16,19-20,30H,10-15,17H2,1-4H3,(H,26,29). The molecule has 31 heavy (non-hydrogen) atoms. The van der Waals surface area contributed by atoms with E-state index < -0.39 is 17.3 Å². The van der Waals surface area contributed by atoms with Crippen molar-refractivity contribution in [2.45, 2.75) is 64.1 Å². The van der Waals surface area contributed by atoms with Crippen LogP contribution in [0.15, 0.2) is 36.4 Å². The van der Waals surface area contributed by atoms with Crippen LogP contribution in [0.2, 0.25) is 0 Å². The van der Waals surface area contributed by atoms with Crippen molar-refractivity contribution in [2.75, 3.05) is 20.1 Å². The molecule has 1 saturated carbocycles. The number of rotatable bonds is 7. The summed E-state index contributed by atoms with van der Waals surface area (Å²) >= 11 is 0. The van der Waals surface area contributed by atoms with Crippen LogP contribution in [0.4, 0.5) is 4.79 Å². The second-order valence-electron chi connectivity index (χ2n) is 9.92. The molecule has 3 unspecified atom stereocenters. The highest BCUT2D eigenvalue weighted by Crippen LogP contribution is 2.51. The molecular formula is C25H36N2O4. The van der Waals surface area contributed by atoms with E-state index in [1.54, 1.807) is 32.7 Å². The number of nitrogens with one attached hydrogen (secondary N) is 1. The molecule has 2 amide bonds. The number of nitrogens with zero attached hydrogens (tertiary/aromatic N) is 1. The van der Waals surface area contributed by atoms with Crippen molar-refractivity contribution >= 4 is 17.6 Å². The van der Waals surface area contributed by atoms with Gasteiger partial charge in [-0.1, -0.05) is 36.4 Å². The van der Waals surface area contributed by atoms with Gasteiger partial charge in [-0.2, -0.15) is 0 Å². The molecule has 2 N–H and O–H groups in total. The summed E-state index contributed by atoms with van der Waals surface area (Å²) in [5.41, 5.74) is 1.29. The third kappa shape index (κ3) is 6.10. The van der Waals surface area contributed by atoms with Gasteiger partial charge in [-0.05, 0) is 63.5 Å². The lowest BCUT2D eigenvalue weighted by Crippen LogP contribution is -2.48. The Balaban J connectivity index is 1.48. The van der Waals surface area contributed by atoms with Crippen molar-refractivity contribution in [1.29, 1.82) is 0 Å². The smallest absolute Gasteiger partial charge is 0.407 e. The largest absolute Gasteiger partial charge is 0.444 e. The first-order valence-electron chi connectivity index (χ1n) is 11.3. The van der Waals surface area contributed by atoms with Gasteiger partial charge >= 0.3 is 6.09 Å². The molecule has 3 aliphatic rings. The van der Waals surface area contributed by atoms with E-state index in [1.807, 2.05) is 6.07 Å². The number of carbonyl (C=O) groups excluding carboxylic acids is 2. The molecule has 0 spiro atoms. The molecule has 0 aliphatic heterocycles. The molecule has 4 rings (SSSR count). The van der Waals surface area contributed by atoms with Gasteiger partial charge in [0.25, 0.3) is 0 Å². The lowest BCUT2D eigenvalue weighted by Gasteiger charge is -2.48. The van der Waals surface area contributed by atoms with Crippen molar-refractivity contribution in [1.82, 2.24) is 10.2 Å². The van der Waals surface area contributed by atoms with Crippen LogP contribution in [-0.2, 0) is 9.53 Å². The zero-order chi connectivity index (χ0) is 22.6. The monoisotopic (exact) mass is 428 g/mol. The van der Waals surface area contributed by atoms with E-state index >= 15 is 0 Å². The third-order valence-electron chi connectivity index (χ3n) is 6.36. The van der Waals surface area contributed by atoms with Gasteiger partial charge in [0, 0.05) is 32.5 Å². The summed E-state index contributed by atoms with van der Waals surface area (Å²) < 4.78 is 5.18. The Morgan fingerprint density at radius 3 is 2.55 bits per heavy atom. The number of fused-ring (bicyclic) bond motifs is 2. The lowest BCUT2D eigenvalue weighted by atomic mass is 9.61. The molecule has 1 fully saturated rings. The van der Waals surface area contributed by atoms with Gasteiger partial charge in [0.2, 0.25) is 5.91 Å². The van der Waals surface area contributed by atoms with Crippen LogP contribution in [0.5, 0.6) is 0 Å². The Labute approximate surface area is 185 Å². The van der Waals surface area contributed by atoms with E-state index in [0.717, 1.165) is 19.3 Å². The van der Waals surface area contributed by atoms with Crippen LogP contribution in [0.25, 0.3) is 5.57 Å². The van der Waals surface area contributed by atoms with Crippen LogP contribution in [0.3, 0.4) is 0 Å². The Bertz CT molecular complexity index is 815. The molecule has 0 aromatic heterocycles. The fourth-order valence-corrected chi connectivity index (χ4v) is 4.70. The van der Waals surface area contributed by atoms with E-state index in [1.165, 1.54) is 11.1 Å². The average molecular weight is 429 g/mol. The third-order valence-corrected chi connectivity index (χ3v) is 6.36.